The average Bonchev–Trinajstić information content (AvgIpc) is 1.82. The predicted molar refractivity (Wildman–Crippen MR) is 50.7 cm³/mol. The maximum Gasteiger partial charge on any atom is 0.195 e. The van der Waals surface area contributed by atoms with Crippen molar-refractivity contribution in [3.8, 4) is 0 Å². The van der Waals surface area contributed by atoms with Gasteiger partial charge in [-0.05, 0) is 0 Å². The van der Waals surface area contributed by atoms with Crippen molar-refractivity contribution in [3.05, 3.63) is 0 Å². The minimum atomic E-state index is -0.360. The largest absolute Gasteiger partial charge is 0.366 e. The second-order valence-corrected chi connectivity index (χ2v) is 4.17. The monoisotopic (exact) mass is 173 g/mol. The second-order valence-electron chi connectivity index (χ2n) is 3.78. The summed E-state index contributed by atoms with van der Waals surface area (Å²) >= 11 is 4.93. The Morgan fingerprint density at radius 2 is 1.64 bits per heavy atom. The van der Waals surface area contributed by atoms with Crippen LogP contribution in [0, 0.1) is 5.41 Å². The molecule has 0 atom stereocenters. The molecular formula is C8H15NOS. The molecule has 0 rings (SSSR count). The molecule has 0 spiro atoms. The van der Waals surface area contributed by atoms with E-state index in [1.807, 2.05) is 20.8 Å². The Morgan fingerprint density at radius 1 is 1.27 bits per heavy atom. The van der Waals surface area contributed by atoms with E-state index in [-0.39, 0.29) is 11.2 Å². The Kier molecular flexibility index (Phi) is 3.17. The highest BCUT2D eigenvalue weighted by molar-refractivity contribution is 7.82. The highest BCUT2D eigenvalue weighted by Crippen LogP contribution is 2.15. The third-order valence-electron chi connectivity index (χ3n) is 1.28. The number of carbonyl (C=O) groups is 1. The Labute approximate surface area is 73.6 Å². The van der Waals surface area contributed by atoms with E-state index >= 15 is 0 Å². The van der Waals surface area contributed by atoms with Crippen molar-refractivity contribution in [2.75, 3.05) is 14.1 Å². The fourth-order valence-electron chi connectivity index (χ4n) is 0.524. The summed E-state index contributed by atoms with van der Waals surface area (Å²) in [7, 11) is 3.57. The smallest absolute Gasteiger partial charge is 0.195 e. The predicted octanol–water partition coefficient (Wildman–Crippen LogP) is 1.49. The number of nitrogens with zero attached hydrogens (tertiary/aromatic N) is 1. The van der Waals surface area contributed by atoms with Crippen molar-refractivity contribution in [2.45, 2.75) is 20.8 Å². The molecule has 0 aliphatic heterocycles. The number of Topliss-reactive ketones (excluding diaryl/α,β-unsaturated/α-hetero) is 1. The summed E-state index contributed by atoms with van der Waals surface area (Å²) in [6, 6.07) is 0. The molecule has 0 amide bonds. The number of likely N-dealkylation sites (N-methyl/N-ethyl adjacent to an activating group) is 1. The fraction of sp³-hybridized carbons (Fsp3) is 0.750. The molecule has 0 aliphatic carbocycles. The summed E-state index contributed by atoms with van der Waals surface area (Å²) in [5.74, 6) is 0.0255. The quantitative estimate of drug-likeness (QED) is 0.560. The minimum Gasteiger partial charge on any atom is -0.366 e. The van der Waals surface area contributed by atoms with Crippen LogP contribution in [-0.4, -0.2) is 29.8 Å². The molecule has 0 fully saturated rings. The van der Waals surface area contributed by atoms with Gasteiger partial charge in [-0.25, -0.2) is 0 Å². The van der Waals surface area contributed by atoms with Gasteiger partial charge in [0.1, 0.15) is 4.99 Å². The molecule has 64 valence electrons. The molecule has 0 heterocycles. The Bertz CT molecular complexity index is 179. The summed E-state index contributed by atoms with van der Waals surface area (Å²) in [5, 5.41) is 0. The Balaban J connectivity index is 4.40. The van der Waals surface area contributed by atoms with Crippen LogP contribution in [0.4, 0.5) is 0 Å². The first-order valence-electron chi connectivity index (χ1n) is 3.53. The van der Waals surface area contributed by atoms with Crippen molar-refractivity contribution in [2.24, 2.45) is 5.41 Å². The number of rotatable bonds is 1. The SMILES string of the molecule is CN(C)C(=S)C(=O)C(C)(C)C. The van der Waals surface area contributed by atoms with Crippen molar-refractivity contribution >= 4 is 23.0 Å². The molecule has 0 aromatic heterocycles. The van der Waals surface area contributed by atoms with E-state index in [2.05, 4.69) is 0 Å². The zero-order chi connectivity index (χ0) is 9.23. The molecule has 0 bridgehead atoms. The van der Waals surface area contributed by atoms with Crippen molar-refractivity contribution in [3.63, 3.8) is 0 Å². The third kappa shape index (κ3) is 2.97. The summed E-state index contributed by atoms with van der Waals surface area (Å²) < 4.78 is 0. The van der Waals surface area contributed by atoms with Gasteiger partial charge in [0.05, 0.1) is 0 Å². The van der Waals surface area contributed by atoms with Crippen LogP contribution in [0.25, 0.3) is 0 Å². The van der Waals surface area contributed by atoms with E-state index in [1.54, 1.807) is 19.0 Å². The highest BCUT2D eigenvalue weighted by atomic mass is 32.1. The number of carbonyl (C=O) groups excluding carboxylic acids is 1. The van der Waals surface area contributed by atoms with E-state index in [0.29, 0.717) is 4.99 Å². The standard InChI is InChI=1S/C8H15NOS/c1-8(2,3)6(10)7(11)9(4)5/h1-5H3. The van der Waals surface area contributed by atoms with Gasteiger partial charge in [-0.2, -0.15) is 0 Å². The van der Waals surface area contributed by atoms with E-state index < -0.39 is 0 Å². The van der Waals surface area contributed by atoms with Gasteiger partial charge in [-0.3, -0.25) is 4.79 Å². The van der Waals surface area contributed by atoms with Crippen LogP contribution < -0.4 is 0 Å². The van der Waals surface area contributed by atoms with Gasteiger partial charge in [0.25, 0.3) is 0 Å². The summed E-state index contributed by atoms with van der Waals surface area (Å²) in [6.07, 6.45) is 0. The van der Waals surface area contributed by atoms with Crippen molar-refractivity contribution in [1.82, 2.24) is 4.90 Å². The molecule has 0 aromatic carbocycles. The van der Waals surface area contributed by atoms with Gasteiger partial charge in [0.15, 0.2) is 5.78 Å². The highest BCUT2D eigenvalue weighted by Gasteiger charge is 2.25. The molecule has 11 heavy (non-hydrogen) atoms. The van der Waals surface area contributed by atoms with Crippen LogP contribution in [0.1, 0.15) is 20.8 Å². The molecule has 0 aliphatic rings. The second kappa shape index (κ2) is 3.30. The third-order valence-corrected chi connectivity index (χ3v) is 1.83. The molecule has 3 heteroatoms. The van der Waals surface area contributed by atoms with Crippen LogP contribution in [0.3, 0.4) is 0 Å². The Hall–Kier alpha value is -0.440. The zero-order valence-corrected chi connectivity index (χ0v) is 8.58. The van der Waals surface area contributed by atoms with Crippen LogP contribution >= 0.6 is 12.2 Å². The molecule has 0 N–H and O–H groups in total. The lowest BCUT2D eigenvalue weighted by Crippen LogP contribution is -2.36. The van der Waals surface area contributed by atoms with Gasteiger partial charge in [0.2, 0.25) is 0 Å². The Morgan fingerprint density at radius 3 is 1.73 bits per heavy atom. The average molecular weight is 173 g/mol. The maximum atomic E-state index is 11.4. The van der Waals surface area contributed by atoms with Gasteiger partial charge >= 0.3 is 0 Å². The molecular weight excluding hydrogens is 158 g/mol. The number of thiocarbonyl (C=S) groups is 1. The van der Waals surface area contributed by atoms with Gasteiger partial charge in [0, 0.05) is 19.5 Å². The molecule has 0 aromatic rings. The first-order valence-corrected chi connectivity index (χ1v) is 3.93. The lowest BCUT2D eigenvalue weighted by atomic mass is 9.90. The van der Waals surface area contributed by atoms with Crippen LogP contribution in [0.2, 0.25) is 0 Å². The lowest BCUT2D eigenvalue weighted by molar-refractivity contribution is -0.119. The number of hydrogen-bond donors (Lipinski definition) is 0. The lowest BCUT2D eigenvalue weighted by Gasteiger charge is -2.21. The van der Waals surface area contributed by atoms with Gasteiger partial charge in [-0.1, -0.05) is 33.0 Å². The number of ketones is 1. The number of hydrogen-bond acceptors (Lipinski definition) is 2. The van der Waals surface area contributed by atoms with E-state index in [1.165, 1.54) is 0 Å². The van der Waals surface area contributed by atoms with Crippen molar-refractivity contribution < 1.29 is 4.79 Å². The molecule has 0 radical (unpaired) electrons. The summed E-state index contributed by atoms with van der Waals surface area (Å²) in [4.78, 5) is 13.5. The van der Waals surface area contributed by atoms with E-state index in [0.717, 1.165) is 0 Å². The molecule has 0 saturated heterocycles. The van der Waals surface area contributed by atoms with Gasteiger partial charge < -0.3 is 4.90 Å². The topological polar surface area (TPSA) is 20.3 Å². The van der Waals surface area contributed by atoms with Gasteiger partial charge in [-0.15, -0.1) is 0 Å². The molecule has 0 saturated carbocycles. The summed E-state index contributed by atoms with van der Waals surface area (Å²) in [6.45, 7) is 5.60. The normalized spacial score (nSPS) is 11.0. The molecule has 2 nitrogen and oxygen atoms in total. The first kappa shape index (κ1) is 10.6. The van der Waals surface area contributed by atoms with Crippen LogP contribution in [0.5, 0.6) is 0 Å². The van der Waals surface area contributed by atoms with Crippen molar-refractivity contribution in [1.29, 1.82) is 0 Å². The minimum absolute atomic E-state index is 0.0255. The zero-order valence-electron chi connectivity index (χ0n) is 7.76. The summed E-state index contributed by atoms with van der Waals surface area (Å²) in [5.41, 5.74) is -0.360. The van der Waals surface area contributed by atoms with Crippen LogP contribution in [0.15, 0.2) is 0 Å². The molecule has 0 unspecified atom stereocenters. The first-order chi connectivity index (χ1) is 4.76. The van der Waals surface area contributed by atoms with E-state index in [4.69, 9.17) is 12.2 Å². The van der Waals surface area contributed by atoms with E-state index in [9.17, 15) is 4.79 Å². The fourth-order valence-corrected chi connectivity index (χ4v) is 0.830. The maximum absolute atomic E-state index is 11.4. The van der Waals surface area contributed by atoms with Crippen LogP contribution in [-0.2, 0) is 4.79 Å².